The van der Waals surface area contributed by atoms with Gasteiger partial charge >= 0.3 is 0 Å². The standard InChI is InChI=1S/C28H24ClF3/c1-2-3-4-5-6-18-7-8-20-14-21(10-9-19(20)13-18)22-11-12-24(25(30)15-22)23-16-26(31)28(29)27(32)17-23/h7-17H,2-6H2,1H3. The Labute approximate surface area is 191 Å². The lowest BCUT2D eigenvalue weighted by molar-refractivity contribution is 0.584. The molecule has 0 aliphatic heterocycles. The van der Waals surface area contributed by atoms with E-state index in [9.17, 15) is 13.2 Å². The Hall–Kier alpha value is -2.78. The summed E-state index contributed by atoms with van der Waals surface area (Å²) in [6, 6.07) is 19.3. The summed E-state index contributed by atoms with van der Waals surface area (Å²) >= 11 is 5.53. The second kappa shape index (κ2) is 9.79. The molecule has 4 rings (SSSR count). The van der Waals surface area contributed by atoms with Crippen LogP contribution in [0.4, 0.5) is 13.2 Å². The van der Waals surface area contributed by atoms with Crippen molar-refractivity contribution in [3.05, 3.63) is 94.8 Å². The van der Waals surface area contributed by atoms with Crippen LogP contribution in [0, 0.1) is 17.5 Å². The van der Waals surface area contributed by atoms with Crippen molar-refractivity contribution in [2.45, 2.75) is 39.0 Å². The second-order valence-corrected chi connectivity index (χ2v) is 8.53. The van der Waals surface area contributed by atoms with Gasteiger partial charge in [-0.2, -0.15) is 0 Å². The topological polar surface area (TPSA) is 0 Å². The number of hydrogen-bond donors (Lipinski definition) is 0. The van der Waals surface area contributed by atoms with E-state index in [1.807, 2.05) is 12.1 Å². The first-order chi connectivity index (χ1) is 15.5. The fourth-order valence-electron chi connectivity index (χ4n) is 4.03. The summed E-state index contributed by atoms with van der Waals surface area (Å²) in [6.07, 6.45) is 6.04. The third-order valence-electron chi connectivity index (χ3n) is 5.82. The van der Waals surface area contributed by atoms with E-state index in [0.717, 1.165) is 34.9 Å². The van der Waals surface area contributed by atoms with E-state index in [4.69, 9.17) is 11.6 Å². The Morgan fingerprint density at radius 2 is 1.25 bits per heavy atom. The predicted octanol–water partition coefficient (Wildman–Crippen LogP) is 9.37. The van der Waals surface area contributed by atoms with Gasteiger partial charge in [-0.25, -0.2) is 13.2 Å². The average molecular weight is 453 g/mol. The van der Waals surface area contributed by atoms with E-state index >= 15 is 0 Å². The van der Waals surface area contributed by atoms with Crippen LogP contribution in [0.3, 0.4) is 0 Å². The fraction of sp³-hybridized carbons (Fsp3) is 0.214. The number of halogens is 4. The van der Waals surface area contributed by atoms with Crippen molar-refractivity contribution in [1.82, 2.24) is 0 Å². The minimum absolute atomic E-state index is 0.110. The molecule has 0 fully saturated rings. The van der Waals surface area contributed by atoms with Gasteiger partial charge in [-0.15, -0.1) is 0 Å². The Morgan fingerprint density at radius 1 is 0.625 bits per heavy atom. The summed E-state index contributed by atoms with van der Waals surface area (Å²) in [6.45, 7) is 2.21. The van der Waals surface area contributed by atoms with Crippen LogP contribution in [-0.2, 0) is 6.42 Å². The monoisotopic (exact) mass is 452 g/mol. The molecule has 0 saturated heterocycles. The molecule has 0 unspecified atom stereocenters. The van der Waals surface area contributed by atoms with E-state index in [0.29, 0.717) is 5.56 Å². The van der Waals surface area contributed by atoms with Crippen molar-refractivity contribution in [1.29, 1.82) is 0 Å². The lowest BCUT2D eigenvalue weighted by Gasteiger charge is -2.10. The van der Waals surface area contributed by atoms with Crippen LogP contribution in [0.2, 0.25) is 5.02 Å². The van der Waals surface area contributed by atoms with Crippen LogP contribution in [0.15, 0.2) is 66.7 Å². The molecule has 4 aromatic carbocycles. The smallest absolute Gasteiger partial charge is 0.145 e. The van der Waals surface area contributed by atoms with Gasteiger partial charge in [0.25, 0.3) is 0 Å². The highest BCUT2D eigenvalue weighted by atomic mass is 35.5. The summed E-state index contributed by atoms with van der Waals surface area (Å²) in [4.78, 5) is 0. The SMILES string of the molecule is CCCCCCc1ccc2cc(-c3ccc(-c4cc(F)c(Cl)c(F)c4)c(F)c3)ccc2c1. The van der Waals surface area contributed by atoms with Crippen LogP contribution in [-0.4, -0.2) is 0 Å². The maximum atomic E-state index is 14.8. The van der Waals surface area contributed by atoms with E-state index in [1.165, 1.54) is 43.4 Å². The number of hydrogen-bond acceptors (Lipinski definition) is 0. The summed E-state index contributed by atoms with van der Waals surface area (Å²) in [5.41, 5.74) is 3.15. The lowest BCUT2D eigenvalue weighted by Crippen LogP contribution is -1.91. The van der Waals surface area contributed by atoms with Gasteiger partial charge in [-0.3, -0.25) is 0 Å². The first-order valence-electron chi connectivity index (χ1n) is 10.9. The number of unbranched alkanes of at least 4 members (excludes halogenated alkanes) is 3. The first-order valence-corrected chi connectivity index (χ1v) is 11.3. The van der Waals surface area contributed by atoms with Crippen LogP contribution in [0.25, 0.3) is 33.0 Å². The molecule has 0 N–H and O–H groups in total. The van der Waals surface area contributed by atoms with E-state index in [2.05, 4.69) is 31.2 Å². The van der Waals surface area contributed by atoms with Gasteiger partial charge in [0.05, 0.1) is 0 Å². The molecule has 0 bridgehead atoms. The molecule has 0 heterocycles. The van der Waals surface area contributed by atoms with Gasteiger partial charge in [0.2, 0.25) is 0 Å². The fourth-order valence-corrected chi connectivity index (χ4v) is 4.14. The Kier molecular flexibility index (Phi) is 6.86. The third kappa shape index (κ3) is 4.83. The summed E-state index contributed by atoms with van der Waals surface area (Å²) < 4.78 is 42.4. The molecule has 0 aliphatic carbocycles. The van der Waals surface area contributed by atoms with Crippen LogP contribution >= 0.6 is 11.6 Å². The Bertz CT molecular complexity index is 1240. The zero-order chi connectivity index (χ0) is 22.7. The maximum absolute atomic E-state index is 14.8. The maximum Gasteiger partial charge on any atom is 0.145 e. The largest absolute Gasteiger partial charge is 0.206 e. The first kappa shape index (κ1) is 22.4. The molecule has 0 spiro atoms. The lowest BCUT2D eigenvalue weighted by atomic mass is 9.96. The van der Waals surface area contributed by atoms with Gasteiger partial charge in [-0.1, -0.05) is 80.3 Å². The van der Waals surface area contributed by atoms with Crippen molar-refractivity contribution in [3.63, 3.8) is 0 Å². The van der Waals surface area contributed by atoms with Gasteiger partial charge in [0, 0.05) is 5.56 Å². The molecule has 0 atom stereocenters. The molecule has 0 aliphatic rings. The molecule has 0 aromatic heterocycles. The van der Waals surface area contributed by atoms with Crippen molar-refractivity contribution in [2.75, 3.05) is 0 Å². The number of aryl methyl sites for hydroxylation is 1. The van der Waals surface area contributed by atoms with Crippen LogP contribution in [0.5, 0.6) is 0 Å². The molecular formula is C28H24ClF3. The summed E-state index contributed by atoms with van der Waals surface area (Å²) in [5.74, 6) is -2.38. The Balaban J connectivity index is 1.59. The Morgan fingerprint density at radius 3 is 1.97 bits per heavy atom. The summed E-state index contributed by atoms with van der Waals surface area (Å²) in [7, 11) is 0. The number of benzene rings is 4. The van der Waals surface area contributed by atoms with Crippen molar-refractivity contribution in [2.24, 2.45) is 0 Å². The average Bonchev–Trinajstić information content (AvgIpc) is 2.79. The van der Waals surface area contributed by atoms with Gasteiger partial charge < -0.3 is 0 Å². The third-order valence-corrected chi connectivity index (χ3v) is 6.18. The molecule has 0 radical (unpaired) electrons. The minimum atomic E-state index is -0.913. The molecule has 164 valence electrons. The van der Waals surface area contributed by atoms with Crippen molar-refractivity contribution in [3.8, 4) is 22.3 Å². The molecule has 0 amide bonds. The molecule has 4 heteroatoms. The van der Waals surface area contributed by atoms with Gasteiger partial charge in [0.15, 0.2) is 0 Å². The highest BCUT2D eigenvalue weighted by molar-refractivity contribution is 6.31. The van der Waals surface area contributed by atoms with E-state index < -0.39 is 22.5 Å². The van der Waals surface area contributed by atoms with Crippen LogP contribution < -0.4 is 0 Å². The van der Waals surface area contributed by atoms with E-state index in [1.54, 1.807) is 6.07 Å². The van der Waals surface area contributed by atoms with Crippen molar-refractivity contribution >= 4 is 22.4 Å². The number of rotatable bonds is 7. The van der Waals surface area contributed by atoms with Crippen LogP contribution in [0.1, 0.15) is 38.2 Å². The van der Waals surface area contributed by atoms with Gasteiger partial charge in [-0.05, 0) is 70.1 Å². The molecular weight excluding hydrogens is 429 g/mol. The normalized spacial score (nSPS) is 11.3. The van der Waals surface area contributed by atoms with Gasteiger partial charge in [0.1, 0.15) is 22.5 Å². The second-order valence-electron chi connectivity index (χ2n) is 8.16. The zero-order valence-electron chi connectivity index (χ0n) is 17.9. The summed E-state index contributed by atoms with van der Waals surface area (Å²) in [5, 5.41) is 1.66. The molecule has 0 saturated carbocycles. The quantitative estimate of drug-likeness (QED) is 0.193. The van der Waals surface area contributed by atoms with Crippen molar-refractivity contribution < 1.29 is 13.2 Å². The minimum Gasteiger partial charge on any atom is -0.206 e. The van der Waals surface area contributed by atoms with E-state index in [-0.39, 0.29) is 11.1 Å². The molecule has 4 aromatic rings. The predicted molar refractivity (Wildman–Crippen MR) is 128 cm³/mol. The highest BCUT2D eigenvalue weighted by Gasteiger charge is 2.14. The molecule has 0 nitrogen and oxygen atoms in total. The highest BCUT2D eigenvalue weighted by Crippen LogP contribution is 2.32. The molecule has 32 heavy (non-hydrogen) atoms. The zero-order valence-corrected chi connectivity index (χ0v) is 18.7. The number of fused-ring (bicyclic) bond motifs is 1.